The van der Waals surface area contributed by atoms with Gasteiger partial charge in [-0.25, -0.2) is 9.97 Å². The van der Waals surface area contributed by atoms with Crippen LogP contribution in [0.25, 0.3) is 11.4 Å². The zero-order valence-corrected chi connectivity index (χ0v) is 12.6. The highest BCUT2D eigenvalue weighted by Crippen LogP contribution is 2.17. The van der Waals surface area contributed by atoms with Crippen LogP contribution in [0.15, 0.2) is 36.5 Å². The Hall–Kier alpha value is -2.47. The van der Waals surface area contributed by atoms with Gasteiger partial charge in [-0.1, -0.05) is 30.3 Å². The second kappa shape index (κ2) is 8.09. The molecule has 0 aliphatic rings. The lowest BCUT2D eigenvalue weighted by molar-refractivity contribution is 0.0944. The smallest absolute Gasteiger partial charge is 0.256 e. The van der Waals surface area contributed by atoms with Crippen molar-refractivity contribution in [1.82, 2.24) is 15.3 Å². The molecule has 0 atom stereocenters. The van der Waals surface area contributed by atoms with Gasteiger partial charge in [-0.05, 0) is 13.3 Å². The Kier molecular flexibility index (Phi) is 5.85. The highest BCUT2D eigenvalue weighted by molar-refractivity contribution is 5.98. The molecule has 0 bridgehead atoms. The van der Waals surface area contributed by atoms with E-state index >= 15 is 0 Å². The van der Waals surface area contributed by atoms with Crippen LogP contribution < -0.4 is 11.1 Å². The molecule has 6 nitrogen and oxygen atoms in total. The molecule has 0 aliphatic carbocycles. The number of amides is 1. The Balaban J connectivity index is 1.99. The van der Waals surface area contributed by atoms with Crippen molar-refractivity contribution in [3.05, 3.63) is 42.1 Å². The average Bonchev–Trinajstić information content (AvgIpc) is 2.55. The van der Waals surface area contributed by atoms with E-state index in [0.29, 0.717) is 25.6 Å². The highest BCUT2D eigenvalue weighted by Gasteiger charge is 2.12. The average molecular weight is 300 g/mol. The summed E-state index contributed by atoms with van der Waals surface area (Å²) in [6, 6.07) is 9.49. The summed E-state index contributed by atoms with van der Waals surface area (Å²) in [6.45, 7) is 3.76. The molecule has 0 fully saturated rings. The molecule has 0 saturated heterocycles. The molecule has 0 spiro atoms. The van der Waals surface area contributed by atoms with E-state index in [1.807, 2.05) is 37.3 Å². The summed E-state index contributed by atoms with van der Waals surface area (Å²) in [6.07, 6.45) is 2.21. The summed E-state index contributed by atoms with van der Waals surface area (Å²) < 4.78 is 5.21. The zero-order valence-electron chi connectivity index (χ0n) is 12.6. The van der Waals surface area contributed by atoms with E-state index in [1.54, 1.807) is 0 Å². The number of nitrogens with two attached hydrogens (primary N) is 1. The molecule has 0 aliphatic heterocycles. The fourth-order valence-electron chi connectivity index (χ4n) is 1.91. The van der Waals surface area contributed by atoms with Gasteiger partial charge >= 0.3 is 0 Å². The summed E-state index contributed by atoms with van der Waals surface area (Å²) >= 11 is 0. The number of anilines is 1. The largest absolute Gasteiger partial charge is 0.383 e. The fraction of sp³-hybridized carbons (Fsp3) is 0.312. The van der Waals surface area contributed by atoms with Crippen LogP contribution in [0.1, 0.15) is 23.7 Å². The molecule has 6 heteroatoms. The van der Waals surface area contributed by atoms with Crippen molar-refractivity contribution >= 4 is 11.7 Å². The van der Waals surface area contributed by atoms with Crippen LogP contribution in [-0.2, 0) is 4.74 Å². The third-order valence-corrected chi connectivity index (χ3v) is 3.05. The Labute approximate surface area is 129 Å². The molecule has 1 aromatic heterocycles. The zero-order chi connectivity index (χ0) is 15.8. The molecular formula is C16H20N4O2. The van der Waals surface area contributed by atoms with Crippen molar-refractivity contribution in [1.29, 1.82) is 0 Å². The molecular weight excluding hydrogens is 280 g/mol. The lowest BCUT2D eigenvalue weighted by Gasteiger charge is -2.08. The number of hydrogen-bond donors (Lipinski definition) is 2. The van der Waals surface area contributed by atoms with Crippen molar-refractivity contribution in [2.24, 2.45) is 0 Å². The van der Waals surface area contributed by atoms with Crippen molar-refractivity contribution < 1.29 is 9.53 Å². The predicted octanol–water partition coefficient (Wildman–Crippen LogP) is 1.88. The summed E-state index contributed by atoms with van der Waals surface area (Å²) in [5.74, 6) is 0.413. The summed E-state index contributed by atoms with van der Waals surface area (Å²) in [7, 11) is 0. The summed E-state index contributed by atoms with van der Waals surface area (Å²) in [5, 5.41) is 2.78. The van der Waals surface area contributed by atoms with Crippen molar-refractivity contribution in [3.63, 3.8) is 0 Å². The number of rotatable bonds is 7. The lowest BCUT2D eigenvalue weighted by Crippen LogP contribution is -2.26. The van der Waals surface area contributed by atoms with Gasteiger partial charge in [0.05, 0.1) is 5.56 Å². The van der Waals surface area contributed by atoms with E-state index in [1.165, 1.54) is 6.20 Å². The van der Waals surface area contributed by atoms with Gasteiger partial charge in [0.15, 0.2) is 5.82 Å². The molecule has 1 aromatic carbocycles. The minimum atomic E-state index is -0.270. The van der Waals surface area contributed by atoms with Crippen molar-refractivity contribution in [2.75, 3.05) is 25.5 Å². The van der Waals surface area contributed by atoms with Crippen LogP contribution in [-0.4, -0.2) is 35.6 Å². The molecule has 0 saturated carbocycles. The van der Waals surface area contributed by atoms with Crippen LogP contribution >= 0.6 is 0 Å². The van der Waals surface area contributed by atoms with Crippen LogP contribution in [0.3, 0.4) is 0 Å². The standard InChI is InChI=1S/C16H20N4O2/c1-2-22-10-6-9-18-16(21)13-11-19-15(20-14(13)17)12-7-4-3-5-8-12/h3-5,7-8,11H,2,6,9-10H2,1H3,(H,18,21)(H2,17,19,20). The maximum Gasteiger partial charge on any atom is 0.256 e. The highest BCUT2D eigenvalue weighted by atomic mass is 16.5. The minimum Gasteiger partial charge on any atom is -0.383 e. The van der Waals surface area contributed by atoms with Gasteiger partial charge < -0.3 is 15.8 Å². The van der Waals surface area contributed by atoms with Gasteiger partial charge in [-0.15, -0.1) is 0 Å². The van der Waals surface area contributed by atoms with Crippen LogP contribution in [0, 0.1) is 0 Å². The van der Waals surface area contributed by atoms with Crippen molar-refractivity contribution in [2.45, 2.75) is 13.3 Å². The second-order valence-corrected chi connectivity index (χ2v) is 4.66. The van der Waals surface area contributed by atoms with E-state index < -0.39 is 0 Å². The molecule has 3 N–H and O–H groups in total. The van der Waals surface area contributed by atoms with E-state index in [4.69, 9.17) is 10.5 Å². The number of nitrogen functional groups attached to an aromatic ring is 1. The van der Waals surface area contributed by atoms with Crippen LogP contribution in [0.4, 0.5) is 5.82 Å². The summed E-state index contributed by atoms with van der Waals surface area (Å²) in [4.78, 5) is 20.4. The molecule has 2 aromatic rings. The predicted molar refractivity (Wildman–Crippen MR) is 85.3 cm³/mol. The molecule has 0 radical (unpaired) electrons. The summed E-state index contributed by atoms with van der Waals surface area (Å²) in [5.41, 5.74) is 7.02. The van der Waals surface area contributed by atoms with Gasteiger partial charge in [0.2, 0.25) is 0 Å². The SMILES string of the molecule is CCOCCCNC(=O)c1cnc(-c2ccccc2)nc1N. The Morgan fingerprint density at radius 3 is 2.77 bits per heavy atom. The third-order valence-electron chi connectivity index (χ3n) is 3.05. The Morgan fingerprint density at radius 1 is 1.32 bits per heavy atom. The quantitative estimate of drug-likeness (QED) is 0.762. The third kappa shape index (κ3) is 4.26. The number of carbonyl (C=O) groups excluding carboxylic acids is 1. The first-order valence-corrected chi connectivity index (χ1v) is 7.26. The number of ether oxygens (including phenoxy) is 1. The van der Waals surface area contributed by atoms with Crippen LogP contribution in [0.5, 0.6) is 0 Å². The fourth-order valence-corrected chi connectivity index (χ4v) is 1.91. The van der Waals surface area contributed by atoms with E-state index in [-0.39, 0.29) is 17.3 Å². The first-order chi connectivity index (χ1) is 10.7. The van der Waals surface area contributed by atoms with E-state index in [9.17, 15) is 4.79 Å². The van der Waals surface area contributed by atoms with Crippen molar-refractivity contribution in [3.8, 4) is 11.4 Å². The normalized spacial score (nSPS) is 10.4. The molecule has 1 amide bonds. The maximum absolute atomic E-state index is 12.0. The number of nitrogens with one attached hydrogen (secondary N) is 1. The lowest BCUT2D eigenvalue weighted by atomic mass is 10.2. The second-order valence-electron chi connectivity index (χ2n) is 4.66. The number of nitrogens with zero attached hydrogens (tertiary/aromatic N) is 2. The Morgan fingerprint density at radius 2 is 2.09 bits per heavy atom. The van der Waals surface area contributed by atoms with Gasteiger partial charge in [-0.3, -0.25) is 4.79 Å². The monoisotopic (exact) mass is 300 g/mol. The van der Waals surface area contributed by atoms with Gasteiger partial charge in [0.25, 0.3) is 5.91 Å². The van der Waals surface area contributed by atoms with E-state index in [2.05, 4.69) is 15.3 Å². The first-order valence-electron chi connectivity index (χ1n) is 7.26. The number of hydrogen-bond acceptors (Lipinski definition) is 5. The molecule has 116 valence electrons. The van der Waals surface area contributed by atoms with E-state index in [0.717, 1.165) is 12.0 Å². The Bertz CT molecular complexity index is 617. The van der Waals surface area contributed by atoms with Crippen LogP contribution in [0.2, 0.25) is 0 Å². The molecule has 2 rings (SSSR count). The first kappa shape index (κ1) is 15.9. The number of aromatic nitrogens is 2. The molecule has 0 unspecified atom stereocenters. The number of benzene rings is 1. The maximum atomic E-state index is 12.0. The molecule has 22 heavy (non-hydrogen) atoms. The minimum absolute atomic E-state index is 0.177. The number of carbonyl (C=O) groups is 1. The van der Waals surface area contributed by atoms with Gasteiger partial charge in [-0.2, -0.15) is 0 Å². The van der Waals surface area contributed by atoms with Gasteiger partial charge in [0.1, 0.15) is 5.82 Å². The molecule has 1 heterocycles. The topological polar surface area (TPSA) is 90.1 Å². The van der Waals surface area contributed by atoms with Gasteiger partial charge in [0, 0.05) is 31.5 Å².